The Hall–Kier alpha value is -1.46. The van der Waals surface area contributed by atoms with Crippen molar-refractivity contribution in [2.75, 3.05) is 19.7 Å². The molecule has 2 aliphatic heterocycles. The number of piperidine rings is 1. The van der Waals surface area contributed by atoms with Gasteiger partial charge in [-0.05, 0) is 37.3 Å². The number of nitrogens with zero attached hydrogens (tertiary/aromatic N) is 2. The highest BCUT2D eigenvalue weighted by Crippen LogP contribution is 2.38. The largest absolute Gasteiger partial charge is 0.371 e. The van der Waals surface area contributed by atoms with Crippen LogP contribution in [-0.4, -0.2) is 47.2 Å². The zero-order chi connectivity index (χ0) is 15.7. The Morgan fingerprint density at radius 1 is 1.48 bits per heavy atom. The Balaban J connectivity index is 1.32. The van der Waals surface area contributed by atoms with Gasteiger partial charge in [-0.3, -0.25) is 9.78 Å². The number of carbonyl (C=O) groups excluding carboxylic acids is 1. The maximum Gasteiger partial charge on any atom is 0.225 e. The lowest BCUT2D eigenvalue weighted by atomic mass is 9.89. The van der Waals surface area contributed by atoms with E-state index in [4.69, 9.17) is 9.47 Å². The van der Waals surface area contributed by atoms with Crippen molar-refractivity contribution in [1.29, 1.82) is 0 Å². The molecule has 3 heterocycles. The van der Waals surface area contributed by atoms with Crippen molar-refractivity contribution in [2.45, 2.75) is 50.4 Å². The summed E-state index contributed by atoms with van der Waals surface area (Å²) in [6.07, 6.45) is 8.82. The first-order valence-corrected chi connectivity index (χ1v) is 8.67. The molecule has 3 aliphatic rings. The molecule has 1 amide bonds. The van der Waals surface area contributed by atoms with Crippen LogP contribution < -0.4 is 0 Å². The second-order valence-electron chi connectivity index (χ2n) is 7.13. The molecule has 1 aliphatic carbocycles. The number of hydrogen-bond acceptors (Lipinski definition) is 4. The van der Waals surface area contributed by atoms with Gasteiger partial charge >= 0.3 is 0 Å². The molecule has 2 atom stereocenters. The third kappa shape index (κ3) is 3.40. The Labute approximate surface area is 137 Å². The normalized spacial score (nSPS) is 30.8. The molecule has 4 rings (SSSR count). The van der Waals surface area contributed by atoms with Gasteiger partial charge in [-0.1, -0.05) is 6.07 Å². The highest BCUT2D eigenvalue weighted by atomic mass is 16.6. The number of hydrogen-bond donors (Lipinski definition) is 0. The monoisotopic (exact) mass is 316 g/mol. The molecule has 1 spiro atoms. The third-order valence-corrected chi connectivity index (χ3v) is 5.16. The van der Waals surface area contributed by atoms with E-state index in [-0.39, 0.29) is 11.7 Å². The van der Waals surface area contributed by atoms with E-state index in [1.807, 2.05) is 23.2 Å². The molecule has 2 saturated heterocycles. The number of rotatable bonds is 4. The Bertz CT molecular complexity index is 561. The SMILES string of the molecule is O=C(C1CC1)N1CCC[C@]2(C[C@@H](OCc3cccnc3)CO2)C1. The summed E-state index contributed by atoms with van der Waals surface area (Å²) in [6, 6.07) is 3.95. The fourth-order valence-corrected chi connectivity index (χ4v) is 3.77. The van der Waals surface area contributed by atoms with Crippen LogP contribution >= 0.6 is 0 Å². The fraction of sp³-hybridized carbons (Fsp3) is 0.667. The summed E-state index contributed by atoms with van der Waals surface area (Å²) in [5.41, 5.74) is 0.908. The van der Waals surface area contributed by atoms with Crippen LogP contribution in [0.15, 0.2) is 24.5 Å². The highest BCUT2D eigenvalue weighted by Gasteiger charge is 2.46. The third-order valence-electron chi connectivity index (χ3n) is 5.16. The van der Waals surface area contributed by atoms with Crippen LogP contribution in [0.5, 0.6) is 0 Å². The molecule has 0 aromatic carbocycles. The first-order valence-electron chi connectivity index (χ1n) is 8.67. The lowest BCUT2D eigenvalue weighted by Gasteiger charge is -2.39. The standard InChI is InChI=1S/C18H24N2O3/c21-17(15-4-5-15)20-8-2-6-18(13-20)9-16(12-23-18)22-11-14-3-1-7-19-10-14/h1,3,7,10,15-16H,2,4-6,8-9,11-13H2/t16-,18+/m1/s1. The zero-order valence-corrected chi connectivity index (χ0v) is 13.4. The average Bonchev–Trinajstić information content (AvgIpc) is 3.37. The van der Waals surface area contributed by atoms with Crippen molar-refractivity contribution in [1.82, 2.24) is 9.88 Å². The van der Waals surface area contributed by atoms with E-state index in [0.29, 0.717) is 25.0 Å². The number of aromatic nitrogens is 1. The Kier molecular flexibility index (Phi) is 4.07. The highest BCUT2D eigenvalue weighted by molar-refractivity contribution is 5.81. The van der Waals surface area contributed by atoms with Gasteiger partial charge in [0.05, 0.1) is 24.9 Å². The molecule has 3 fully saturated rings. The van der Waals surface area contributed by atoms with Gasteiger partial charge in [0, 0.05) is 37.8 Å². The molecular formula is C18H24N2O3. The summed E-state index contributed by atoms with van der Waals surface area (Å²) in [7, 11) is 0. The topological polar surface area (TPSA) is 51.7 Å². The molecule has 124 valence electrons. The average molecular weight is 316 g/mol. The number of carbonyl (C=O) groups is 1. The smallest absolute Gasteiger partial charge is 0.225 e. The van der Waals surface area contributed by atoms with Crippen LogP contribution in [0.25, 0.3) is 0 Å². The number of amides is 1. The molecule has 0 unspecified atom stereocenters. The van der Waals surface area contributed by atoms with Crippen LogP contribution in [0.1, 0.15) is 37.7 Å². The van der Waals surface area contributed by atoms with Gasteiger partial charge in [0.2, 0.25) is 5.91 Å². The van der Waals surface area contributed by atoms with Crippen molar-refractivity contribution >= 4 is 5.91 Å². The maximum atomic E-state index is 12.3. The predicted molar refractivity (Wildman–Crippen MR) is 84.7 cm³/mol. The molecular weight excluding hydrogens is 292 g/mol. The zero-order valence-electron chi connectivity index (χ0n) is 13.4. The van der Waals surface area contributed by atoms with Crippen molar-refractivity contribution in [3.05, 3.63) is 30.1 Å². The minimum Gasteiger partial charge on any atom is -0.371 e. The van der Waals surface area contributed by atoms with Gasteiger partial charge in [-0.15, -0.1) is 0 Å². The lowest BCUT2D eigenvalue weighted by Crippen LogP contribution is -2.50. The Morgan fingerprint density at radius 3 is 3.17 bits per heavy atom. The number of ether oxygens (including phenoxy) is 2. The molecule has 5 nitrogen and oxygen atoms in total. The van der Waals surface area contributed by atoms with Gasteiger partial charge < -0.3 is 14.4 Å². The summed E-state index contributed by atoms with van der Waals surface area (Å²) in [6.45, 7) is 2.84. The van der Waals surface area contributed by atoms with E-state index in [1.165, 1.54) is 0 Å². The van der Waals surface area contributed by atoms with Crippen LogP contribution in [0.3, 0.4) is 0 Å². The second kappa shape index (κ2) is 6.21. The quantitative estimate of drug-likeness (QED) is 0.854. The van der Waals surface area contributed by atoms with Gasteiger partial charge in [0.15, 0.2) is 0 Å². The molecule has 1 saturated carbocycles. The van der Waals surface area contributed by atoms with E-state index in [1.54, 1.807) is 6.20 Å². The van der Waals surface area contributed by atoms with Crippen molar-refractivity contribution in [2.24, 2.45) is 5.92 Å². The molecule has 0 N–H and O–H groups in total. The second-order valence-corrected chi connectivity index (χ2v) is 7.13. The number of pyridine rings is 1. The molecule has 1 aromatic rings. The summed E-state index contributed by atoms with van der Waals surface area (Å²) in [5, 5.41) is 0. The molecule has 23 heavy (non-hydrogen) atoms. The first-order chi connectivity index (χ1) is 11.2. The first kappa shape index (κ1) is 15.1. The van der Waals surface area contributed by atoms with E-state index in [0.717, 1.165) is 50.8 Å². The van der Waals surface area contributed by atoms with E-state index in [2.05, 4.69) is 4.98 Å². The van der Waals surface area contributed by atoms with Gasteiger partial charge in [0.25, 0.3) is 0 Å². The minimum absolute atomic E-state index is 0.117. The number of likely N-dealkylation sites (tertiary alicyclic amines) is 1. The molecule has 5 heteroatoms. The lowest BCUT2D eigenvalue weighted by molar-refractivity contribution is -0.140. The maximum absolute atomic E-state index is 12.3. The van der Waals surface area contributed by atoms with Crippen LogP contribution in [0, 0.1) is 5.92 Å². The van der Waals surface area contributed by atoms with E-state index >= 15 is 0 Å². The van der Waals surface area contributed by atoms with Crippen molar-refractivity contribution in [3.8, 4) is 0 Å². The van der Waals surface area contributed by atoms with Crippen LogP contribution in [0.2, 0.25) is 0 Å². The van der Waals surface area contributed by atoms with Gasteiger partial charge in [0.1, 0.15) is 0 Å². The predicted octanol–water partition coefficient (Wildman–Crippen LogP) is 2.16. The Morgan fingerprint density at radius 2 is 2.39 bits per heavy atom. The van der Waals surface area contributed by atoms with Crippen molar-refractivity contribution < 1.29 is 14.3 Å². The minimum atomic E-state index is -0.178. The fourth-order valence-electron chi connectivity index (χ4n) is 3.77. The van der Waals surface area contributed by atoms with E-state index in [9.17, 15) is 4.79 Å². The summed E-state index contributed by atoms with van der Waals surface area (Å²) in [5.74, 6) is 0.636. The van der Waals surface area contributed by atoms with Gasteiger partial charge in [-0.25, -0.2) is 0 Å². The summed E-state index contributed by atoms with van der Waals surface area (Å²) < 4.78 is 12.1. The molecule has 0 bridgehead atoms. The van der Waals surface area contributed by atoms with E-state index < -0.39 is 0 Å². The molecule has 0 radical (unpaired) electrons. The van der Waals surface area contributed by atoms with Crippen LogP contribution in [0.4, 0.5) is 0 Å². The summed E-state index contributed by atoms with van der Waals surface area (Å²) in [4.78, 5) is 18.5. The van der Waals surface area contributed by atoms with Gasteiger partial charge in [-0.2, -0.15) is 0 Å². The van der Waals surface area contributed by atoms with Crippen molar-refractivity contribution in [3.63, 3.8) is 0 Å². The molecule has 1 aromatic heterocycles. The summed E-state index contributed by atoms with van der Waals surface area (Å²) >= 11 is 0. The van der Waals surface area contributed by atoms with Crippen LogP contribution in [-0.2, 0) is 20.9 Å².